The molecule has 1 N–H and O–H groups in total. The number of amides is 2. The molecule has 5 heteroatoms. The quantitative estimate of drug-likeness (QED) is 0.777. The van der Waals surface area contributed by atoms with Crippen LogP contribution in [0.15, 0.2) is 0 Å². The smallest absolute Gasteiger partial charge is 0.410 e. The molecule has 1 saturated heterocycles. The van der Waals surface area contributed by atoms with E-state index in [2.05, 4.69) is 5.32 Å². The Morgan fingerprint density at radius 1 is 1.12 bits per heavy atom. The zero-order valence-corrected chi connectivity index (χ0v) is 15.6. The highest BCUT2D eigenvalue weighted by molar-refractivity contribution is 5.80. The highest BCUT2D eigenvalue weighted by Gasteiger charge is 2.30. The minimum atomic E-state index is -0.494. The highest BCUT2D eigenvalue weighted by atomic mass is 16.6. The van der Waals surface area contributed by atoms with Gasteiger partial charge < -0.3 is 15.0 Å². The van der Waals surface area contributed by atoms with Gasteiger partial charge in [-0.05, 0) is 52.4 Å². The van der Waals surface area contributed by atoms with E-state index in [0.29, 0.717) is 13.1 Å². The molecule has 2 aliphatic rings. The van der Waals surface area contributed by atoms with Crippen LogP contribution in [0.3, 0.4) is 0 Å². The lowest BCUT2D eigenvalue weighted by Gasteiger charge is -2.33. The maximum Gasteiger partial charge on any atom is 0.410 e. The summed E-state index contributed by atoms with van der Waals surface area (Å²) in [5.41, 5.74) is -0.494. The van der Waals surface area contributed by atoms with Crippen LogP contribution in [0.5, 0.6) is 0 Å². The monoisotopic (exact) mass is 338 g/mol. The lowest BCUT2D eigenvalue weighted by Crippen LogP contribution is -2.47. The van der Waals surface area contributed by atoms with Crippen molar-refractivity contribution in [2.45, 2.75) is 77.7 Å². The van der Waals surface area contributed by atoms with E-state index in [-0.39, 0.29) is 17.9 Å². The van der Waals surface area contributed by atoms with Crippen LogP contribution in [0.4, 0.5) is 4.79 Å². The van der Waals surface area contributed by atoms with E-state index >= 15 is 0 Å². The summed E-state index contributed by atoms with van der Waals surface area (Å²) in [6.07, 6.45) is 9.18. The van der Waals surface area contributed by atoms with Crippen LogP contribution in [0.2, 0.25) is 0 Å². The summed E-state index contributed by atoms with van der Waals surface area (Å²) < 4.78 is 5.42. The lowest BCUT2D eigenvalue weighted by atomic mass is 9.97. The standard InChI is InChI=1S/C19H34N2O3/c1-19(2,3)24-18(23)21-13-7-11-16(14-21)17(22)20-12-6-10-15-8-4-5-9-15/h15-16H,4-14H2,1-3H3,(H,20,22). The van der Waals surface area contributed by atoms with Gasteiger partial charge in [0.05, 0.1) is 5.92 Å². The first-order valence-corrected chi connectivity index (χ1v) is 9.61. The van der Waals surface area contributed by atoms with Crippen molar-refractivity contribution in [3.05, 3.63) is 0 Å². The minimum absolute atomic E-state index is 0.0923. The number of carbonyl (C=O) groups is 2. The van der Waals surface area contributed by atoms with Crippen molar-refractivity contribution in [3.8, 4) is 0 Å². The van der Waals surface area contributed by atoms with Gasteiger partial charge in [-0.3, -0.25) is 4.79 Å². The average Bonchev–Trinajstić information content (AvgIpc) is 3.03. The Bertz CT molecular complexity index is 425. The molecule has 0 aromatic heterocycles. The maximum atomic E-state index is 12.4. The predicted molar refractivity (Wildman–Crippen MR) is 94.7 cm³/mol. The van der Waals surface area contributed by atoms with Crippen molar-refractivity contribution >= 4 is 12.0 Å². The van der Waals surface area contributed by atoms with Crippen molar-refractivity contribution in [2.24, 2.45) is 11.8 Å². The van der Waals surface area contributed by atoms with Crippen LogP contribution in [0, 0.1) is 11.8 Å². The molecule has 0 spiro atoms. The van der Waals surface area contributed by atoms with E-state index in [0.717, 1.165) is 31.7 Å². The molecule has 5 nitrogen and oxygen atoms in total. The van der Waals surface area contributed by atoms with Gasteiger partial charge in [-0.1, -0.05) is 25.7 Å². The van der Waals surface area contributed by atoms with Gasteiger partial charge in [-0.15, -0.1) is 0 Å². The molecule has 1 saturated carbocycles. The van der Waals surface area contributed by atoms with Gasteiger partial charge in [0, 0.05) is 19.6 Å². The summed E-state index contributed by atoms with van der Waals surface area (Å²) >= 11 is 0. The van der Waals surface area contributed by atoms with E-state index in [1.165, 1.54) is 32.1 Å². The molecule has 1 aliphatic heterocycles. The fraction of sp³-hybridized carbons (Fsp3) is 0.895. The molecular formula is C19H34N2O3. The molecule has 1 unspecified atom stereocenters. The Morgan fingerprint density at radius 3 is 2.50 bits per heavy atom. The second kappa shape index (κ2) is 8.72. The van der Waals surface area contributed by atoms with Crippen LogP contribution < -0.4 is 5.32 Å². The molecule has 0 aromatic rings. The topological polar surface area (TPSA) is 58.6 Å². The summed E-state index contributed by atoms with van der Waals surface area (Å²) in [6, 6.07) is 0. The van der Waals surface area contributed by atoms with Gasteiger partial charge in [0.2, 0.25) is 5.91 Å². The SMILES string of the molecule is CC(C)(C)OC(=O)N1CCCC(C(=O)NCCCC2CCCC2)C1. The van der Waals surface area contributed by atoms with E-state index in [1.807, 2.05) is 20.8 Å². The summed E-state index contributed by atoms with van der Waals surface area (Å²) in [6.45, 7) is 7.51. The van der Waals surface area contributed by atoms with Gasteiger partial charge in [0.15, 0.2) is 0 Å². The molecule has 0 bridgehead atoms. The fourth-order valence-electron chi connectivity index (χ4n) is 3.73. The van der Waals surface area contributed by atoms with E-state index in [1.54, 1.807) is 4.90 Å². The third kappa shape index (κ3) is 6.33. The minimum Gasteiger partial charge on any atom is -0.444 e. The number of hydrogen-bond donors (Lipinski definition) is 1. The van der Waals surface area contributed by atoms with E-state index in [9.17, 15) is 9.59 Å². The molecule has 0 radical (unpaired) electrons. The summed E-state index contributed by atoms with van der Waals surface area (Å²) in [5.74, 6) is 0.867. The molecule has 1 atom stereocenters. The number of nitrogens with one attached hydrogen (secondary N) is 1. The first-order valence-electron chi connectivity index (χ1n) is 9.61. The van der Waals surface area contributed by atoms with Crippen molar-refractivity contribution in [1.29, 1.82) is 0 Å². The zero-order valence-electron chi connectivity index (χ0n) is 15.6. The molecule has 2 rings (SSSR count). The molecular weight excluding hydrogens is 304 g/mol. The number of likely N-dealkylation sites (tertiary alicyclic amines) is 1. The third-order valence-corrected chi connectivity index (χ3v) is 5.01. The Kier molecular flexibility index (Phi) is 6.93. The first kappa shape index (κ1) is 19.1. The summed E-state index contributed by atoms with van der Waals surface area (Å²) in [5, 5.41) is 3.07. The lowest BCUT2D eigenvalue weighted by molar-refractivity contribution is -0.126. The Labute approximate surface area is 146 Å². The summed E-state index contributed by atoms with van der Waals surface area (Å²) in [4.78, 5) is 26.2. The van der Waals surface area contributed by atoms with E-state index < -0.39 is 5.60 Å². The number of nitrogens with zero attached hydrogens (tertiary/aromatic N) is 1. The Balaban J connectivity index is 1.68. The van der Waals surface area contributed by atoms with Crippen LogP contribution in [-0.2, 0) is 9.53 Å². The fourth-order valence-corrected chi connectivity index (χ4v) is 3.73. The number of rotatable bonds is 5. The summed E-state index contributed by atoms with van der Waals surface area (Å²) in [7, 11) is 0. The largest absolute Gasteiger partial charge is 0.444 e. The van der Waals surface area contributed by atoms with Crippen molar-refractivity contribution < 1.29 is 14.3 Å². The molecule has 1 aliphatic carbocycles. The van der Waals surface area contributed by atoms with E-state index in [4.69, 9.17) is 4.74 Å². The third-order valence-electron chi connectivity index (χ3n) is 5.01. The number of carbonyl (C=O) groups excluding carboxylic acids is 2. The molecule has 0 aromatic carbocycles. The van der Waals surface area contributed by atoms with Crippen LogP contribution in [0.1, 0.15) is 72.1 Å². The van der Waals surface area contributed by atoms with Gasteiger partial charge in [0.1, 0.15) is 5.60 Å². The average molecular weight is 338 g/mol. The first-order chi connectivity index (χ1) is 11.3. The van der Waals surface area contributed by atoms with Crippen molar-refractivity contribution in [1.82, 2.24) is 10.2 Å². The van der Waals surface area contributed by atoms with Crippen LogP contribution in [0.25, 0.3) is 0 Å². The van der Waals surface area contributed by atoms with Gasteiger partial charge in [0.25, 0.3) is 0 Å². The number of piperidine rings is 1. The second-order valence-electron chi connectivity index (χ2n) is 8.35. The second-order valence-corrected chi connectivity index (χ2v) is 8.35. The highest BCUT2D eigenvalue weighted by Crippen LogP contribution is 2.28. The van der Waals surface area contributed by atoms with Crippen molar-refractivity contribution in [3.63, 3.8) is 0 Å². The molecule has 138 valence electrons. The Hall–Kier alpha value is -1.26. The molecule has 1 heterocycles. The van der Waals surface area contributed by atoms with Gasteiger partial charge in [-0.2, -0.15) is 0 Å². The van der Waals surface area contributed by atoms with Crippen LogP contribution in [-0.4, -0.2) is 42.1 Å². The molecule has 24 heavy (non-hydrogen) atoms. The molecule has 2 amide bonds. The Morgan fingerprint density at radius 2 is 1.83 bits per heavy atom. The van der Waals surface area contributed by atoms with Gasteiger partial charge in [-0.25, -0.2) is 4.79 Å². The van der Waals surface area contributed by atoms with Gasteiger partial charge >= 0.3 is 6.09 Å². The normalized spacial score (nSPS) is 22.5. The van der Waals surface area contributed by atoms with Crippen LogP contribution >= 0.6 is 0 Å². The number of hydrogen-bond acceptors (Lipinski definition) is 3. The zero-order chi connectivity index (χ0) is 17.6. The molecule has 2 fully saturated rings. The predicted octanol–water partition coefficient (Wildman–Crippen LogP) is 3.72. The maximum absolute atomic E-state index is 12.4. The number of ether oxygens (including phenoxy) is 1. The van der Waals surface area contributed by atoms with Crippen molar-refractivity contribution in [2.75, 3.05) is 19.6 Å².